The highest BCUT2D eigenvalue weighted by Crippen LogP contribution is 2.11. The maximum atomic E-state index is 10.6. The zero-order chi connectivity index (χ0) is 7.72. The molecule has 0 aliphatic heterocycles. The molecular weight excluding hydrogens is 136 g/mol. The number of ketones is 2. The maximum absolute atomic E-state index is 10.6. The molecule has 1 aliphatic rings. The lowest BCUT2D eigenvalue weighted by Crippen LogP contribution is -2.41. The Morgan fingerprint density at radius 3 is 1.60 bits per heavy atom. The van der Waals surface area contributed by atoms with Crippen LogP contribution >= 0.6 is 0 Å². The Morgan fingerprint density at radius 1 is 1.00 bits per heavy atom. The average Bonchev–Trinajstić information content (AvgIpc) is 1.93. The van der Waals surface area contributed by atoms with Crippen molar-refractivity contribution < 1.29 is 19.8 Å². The van der Waals surface area contributed by atoms with Gasteiger partial charge in [0, 0.05) is 0 Å². The minimum Gasteiger partial charge on any atom is -0.385 e. The van der Waals surface area contributed by atoms with Crippen LogP contribution in [0.4, 0.5) is 0 Å². The van der Waals surface area contributed by atoms with Crippen molar-refractivity contribution in [2.24, 2.45) is 0 Å². The van der Waals surface area contributed by atoms with Gasteiger partial charge >= 0.3 is 0 Å². The standard InChI is InChI=1S/C6H8O4/c7-3-1-2-4(8)6(10)5(3)9/h3-4,7-8H,1-2H2/t3-,4?/m0/s1. The van der Waals surface area contributed by atoms with Gasteiger partial charge in [-0.05, 0) is 12.8 Å². The molecule has 0 bridgehead atoms. The molecule has 0 radical (unpaired) electrons. The topological polar surface area (TPSA) is 74.6 Å². The molecule has 4 heteroatoms. The van der Waals surface area contributed by atoms with Crippen LogP contribution in [0.5, 0.6) is 0 Å². The fourth-order valence-corrected chi connectivity index (χ4v) is 0.906. The van der Waals surface area contributed by atoms with Crippen LogP contribution in [0.25, 0.3) is 0 Å². The van der Waals surface area contributed by atoms with Crippen LogP contribution in [0.2, 0.25) is 0 Å². The van der Waals surface area contributed by atoms with Gasteiger partial charge in [0.1, 0.15) is 12.2 Å². The van der Waals surface area contributed by atoms with E-state index in [0.29, 0.717) is 0 Å². The molecular formula is C6H8O4. The van der Waals surface area contributed by atoms with Gasteiger partial charge in [-0.1, -0.05) is 0 Å². The SMILES string of the molecule is O=C1C(=O)[C@@H](O)CCC1O. The molecule has 0 aromatic heterocycles. The lowest BCUT2D eigenvalue weighted by molar-refractivity contribution is -0.149. The zero-order valence-corrected chi connectivity index (χ0v) is 5.28. The van der Waals surface area contributed by atoms with Crippen LogP contribution in [-0.4, -0.2) is 34.0 Å². The maximum Gasteiger partial charge on any atom is 0.229 e. The molecule has 0 aromatic carbocycles. The zero-order valence-electron chi connectivity index (χ0n) is 5.28. The fourth-order valence-electron chi connectivity index (χ4n) is 0.906. The van der Waals surface area contributed by atoms with E-state index in [4.69, 9.17) is 10.2 Å². The van der Waals surface area contributed by atoms with Crippen molar-refractivity contribution in [3.05, 3.63) is 0 Å². The number of Topliss-reactive ketones (excluding diaryl/α,β-unsaturated/α-hetero) is 2. The number of aliphatic hydroxyl groups excluding tert-OH is 2. The smallest absolute Gasteiger partial charge is 0.229 e. The summed E-state index contributed by atoms with van der Waals surface area (Å²) in [6, 6.07) is 0. The Labute approximate surface area is 57.5 Å². The van der Waals surface area contributed by atoms with E-state index in [9.17, 15) is 9.59 Å². The second-order valence-corrected chi connectivity index (χ2v) is 2.34. The summed E-state index contributed by atoms with van der Waals surface area (Å²) in [6.07, 6.45) is -2.00. The number of carbonyl (C=O) groups is 2. The third-order valence-electron chi connectivity index (χ3n) is 1.56. The molecule has 0 amide bonds. The Bertz CT molecular complexity index is 155. The van der Waals surface area contributed by atoms with Crippen LogP contribution in [0.15, 0.2) is 0 Å². The molecule has 1 unspecified atom stereocenters. The molecule has 0 spiro atoms. The first-order valence-corrected chi connectivity index (χ1v) is 3.07. The second kappa shape index (κ2) is 2.48. The van der Waals surface area contributed by atoms with Crippen molar-refractivity contribution in [2.45, 2.75) is 25.0 Å². The molecule has 0 aromatic rings. The van der Waals surface area contributed by atoms with E-state index >= 15 is 0 Å². The summed E-state index contributed by atoms with van der Waals surface area (Å²) in [5, 5.41) is 17.6. The fraction of sp³-hybridized carbons (Fsp3) is 0.667. The molecule has 1 rings (SSSR count). The summed E-state index contributed by atoms with van der Waals surface area (Å²) < 4.78 is 0. The summed E-state index contributed by atoms with van der Waals surface area (Å²) in [6.45, 7) is 0. The monoisotopic (exact) mass is 144 g/mol. The van der Waals surface area contributed by atoms with E-state index in [1.165, 1.54) is 0 Å². The number of rotatable bonds is 0. The highest BCUT2D eigenvalue weighted by Gasteiger charge is 2.34. The van der Waals surface area contributed by atoms with Gasteiger partial charge in [-0.3, -0.25) is 9.59 Å². The van der Waals surface area contributed by atoms with Crippen LogP contribution in [0.3, 0.4) is 0 Å². The minimum atomic E-state index is -1.18. The third kappa shape index (κ3) is 1.08. The Morgan fingerprint density at radius 2 is 1.30 bits per heavy atom. The minimum absolute atomic E-state index is 0.186. The largest absolute Gasteiger partial charge is 0.385 e. The van der Waals surface area contributed by atoms with E-state index < -0.39 is 23.8 Å². The number of hydrogen-bond donors (Lipinski definition) is 2. The van der Waals surface area contributed by atoms with E-state index in [2.05, 4.69) is 0 Å². The Balaban J connectivity index is 2.70. The van der Waals surface area contributed by atoms with E-state index in [1.54, 1.807) is 0 Å². The van der Waals surface area contributed by atoms with Gasteiger partial charge in [-0.2, -0.15) is 0 Å². The summed E-state index contributed by atoms with van der Waals surface area (Å²) in [5.41, 5.74) is 0. The first-order valence-electron chi connectivity index (χ1n) is 3.07. The predicted octanol–water partition coefficient (Wildman–Crippen LogP) is -1.36. The first kappa shape index (κ1) is 7.37. The number of hydrogen-bond acceptors (Lipinski definition) is 4. The van der Waals surface area contributed by atoms with Gasteiger partial charge < -0.3 is 10.2 Å². The first-order chi connectivity index (χ1) is 4.63. The van der Waals surface area contributed by atoms with Crippen LogP contribution < -0.4 is 0 Å². The van der Waals surface area contributed by atoms with Crippen molar-refractivity contribution in [1.29, 1.82) is 0 Å². The molecule has 1 saturated carbocycles. The van der Waals surface area contributed by atoms with Gasteiger partial charge in [0.2, 0.25) is 11.6 Å². The van der Waals surface area contributed by atoms with Gasteiger partial charge in [-0.25, -0.2) is 0 Å². The lowest BCUT2D eigenvalue weighted by atomic mass is 9.93. The highest BCUT2D eigenvalue weighted by atomic mass is 16.3. The van der Waals surface area contributed by atoms with Gasteiger partial charge in [0.05, 0.1) is 0 Å². The average molecular weight is 144 g/mol. The summed E-state index contributed by atoms with van der Waals surface area (Å²) >= 11 is 0. The Hall–Kier alpha value is -0.740. The molecule has 56 valence electrons. The number of carbonyl (C=O) groups excluding carboxylic acids is 2. The van der Waals surface area contributed by atoms with Crippen molar-refractivity contribution >= 4 is 11.6 Å². The molecule has 0 heterocycles. The summed E-state index contributed by atoms with van der Waals surface area (Å²) in [4.78, 5) is 21.2. The van der Waals surface area contributed by atoms with Crippen molar-refractivity contribution in [1.82, 2.24) is 0 Å². The van der Waals surface area contributed by atoms with E-state index in [1.807, 2.05) is 0 Å². The van der Waals surface area contributed by atoms with Crippen LogP contribution in [0.1, 0.15) is 12.8 Å². The van der Waals surface area contributed by atoms with Gasteiger partial charge in [0.15, 0.2) is 0 Å². The second-order valence-electron chi connectivity index (χ2n) is 2.34. The molecule has 1 fully saturated rings. The van der Waals surface area contributed by atoms with Crippen molar-refractivity contribution in [3.8, 4) is 0 Å². The van der Waals surface area contributed by atoms with Gasteiger partial charge in [0.25, 0.3) is 0 Å². The molecule has 2 atom stereocenters. The normalized spacial score (nSPS) is 34.6. The third-order valence-corrected chi connectivity index (χ3v) is 1.56. The molecule has 1 aliphatic carbocycles. The number of aliphatic hydroxyl groups is 2. The van der Waals surface area contributed by atoms with Crippen LogP contribution in [-0.2, 0) is 9.59 Å². The molecule has 10 heavy (non-hydrogen) atoms. The van der Waals surface area contributed by atoms with E-state index in [-0.39, 0.29) is 12.8 Å². The summed E-state index contributed by atoms with van der Waals surface area (Å²) in [5.74, 6) is -1.72. The van der Waals surface area contributed by atoms with Crippen LogP contribution in [0, 0.1) is 0 Å². The summed E-state index contributed by atoms with van der Waals surface area (Å²) in [7, 11) is 0. The van der Waals surface area contributed by atoms with Crippen molar-refractivity contribution in [2.75, 3.05) is 0 Å². The Kier molecular flexibility index (Phi) is 1.82. The lowest BCUT2D eigenvalue weighted by Gasteiger charge is -2.18. The van der Waals surface area contributed by atoms with Crippen molar-refractivity contribution in [3.63, 3.8) is 0 Å². The molecule has 0 saturated heterocycles. The molecule has 4 nitrogen and oxygen atoms in total. The highest BCUT2D eigenvalue weighted by molar-refractivity contribution is 6.40. The van der Waals surface area contributed by atoms with E-state index in [0.717, 1.165) is 0 Å². The predicted molar refractivity (Wildman–Crippen MR) is 31.3 cm³/mol. The quantitative estimate of drug-likeness (QED) is 0.412. The molecule has 2 N–H and O–H groups in total. The van der Waals surface area contributed by atoms with Gasteiger partial charge in [-0.15, -0.1) is 0 Å².